The van der Waals surface area contributed by atoms with Crippen molar-refractivity contribution in [1.29, 1.82) is 0 Å². The monoisotopic (exact) mass is 641 g/mol. The van der Waals surface area contributed by atoms with Crippen LogP contribution in [-0.4, -0.2) is 26.1 Å². The minimum Gasteiger partial charge on any atom is -0.790 e. The summed E-state index contributed by atoms with van der Waals surface area (Å²) in [5, 5.41) is 0. The van der Waals surface area contributed by atoms with Crippen LogP contribution in [0.4, 0.5) is 5.82 Å². The molecule has 2 unspecified atom stereocenters. The molecule has 2 aromatic heterocycles. The van der Waals surface area contributed by atoms with E-state index in [1.54, 1.807) is 4.57 Å². The molecule has 32 heavy (non-hydrogen) atoms. The number of rotatable bonds is 10. The van der Waals surface area contributed by atoms with Crippen molar-refractivity contribution in [2.45, 2.75) is 19.4 Å². The molecule has 2 atom stereocenters. The van der Waals surface area contributed by atoms with Gasteiger partial charge in [0.15, 0.2) is 15.3 Å². The molecule has 0 aliphatic rings. The van der Waals surface area contributed by atoms with Gasteiger partial charge in [-0.3, -0.25) is 13.4 Å². The number of quaternary nitrogens is 4. The fraction of sp³-hybridized carbons (Fsp3) is 0.444. The molecule has 23 heteroatoms. The van der Waals surface area contributed by atoms with E-state index in [1.165, 1.54) is 6.33 Å². The van der Waals surface area contributed by atoms with Gasteiger partial charge >= 0.3 is 0 Å². The lowest BCUT2D eigenvalue weighted by atomic mass is 10.3. The number of aryl methyl sites for hydroxylation is 1. The summed E-state index contributed by atoms with van der Waals surface area (Å²) in [6.07, 6.45) is 1.98. The molecule has 190 valence electrons. The van der Waals surface area contributed by atoms with Gasteiger partial charge in [-0.1, -0.05) is 0 Å². The SMILES string of the molecule is Nc1nc(I)nc2c1ncn2CCCCOP(=O)([O-])OP(=O)([O-])OP(=O)([O-])[O-].[NH4+].[NH4+].[NH4+].[NH4+]. The van der Waals surface area contributed by atoms with Crippen molar-refractivity contribution < 1.29 is 46.4 Å². The van der Waals surface area contributed by atoms with E-state index in [0.717, 1.165) is 0 Å². The Hall–Kier alpha value is -0.670. The second-order valence-electron chi connectivity index (χ2n) is 5.03. The van der Waals surface area contributed by atoms with Crippen LogP contribution in [-0.2, 0) is 33.4 Å². The third-order valence-corrected chi connectivity index (χ3v) is 7.09. The highest BCUT2D eigenvalue weighted by Crippen LogP contribution is 2.60. The van der Waals surface area contributed by atoms with Gasteiger partial charge in [0.05, 0.1) is 20.8 Å². The maximum Gasteiger partial charge on any atom is 0.278 e. The fourth-order valence-corrected chi connectivity index (χ4v) is 5.32. The third-order valence-electron chi connectivity index (χ3n) is 2.91. The molecule has 0 aromatic carbocycles. The second kappa shape index (κ2) is 13.9. The number of nitrogen functional groups attached to an aromatic ring is 1. The number of halogens is 1. The van der Waals surface area contributed by atoms with Crippen LogP contribution in [0.5, 0.6) is 0 Å². The number of nitrogens with two attached hydrogens (primary N) is 1. The highest BCUT2D eigenvalue weighted by Gasteiger charge is 2.21. The van der Waals surface area contributed by atoms with Crippen molar-refractivity contribution in [2.24, 2.45) is 0 Å². The van der Waals surface area contributed by atoms with Gasteiger partial charge < -0.3 is 63.6 Å². The Bertz CT molecular complexity index is 1000. The van der Waals surface area contributed by atoms with Crippen LogP contribution in [0, 0.1) is 3.83 Å². The van der Waals surface area contributed by atoms with Gasteiger partial charge in [0.25, 0.3) is 15.6 Å². The second-order valence-corrected chi connectivity index (χ2v) is 10.2. The Morgan fingerprint density at radius 2 is 1.56 bits per heavy atom. The average Bonchev–Trinajstić information content (AvgIpc) is 2.86. The minimum atomic E-state index is -6.01. The Morgan fingerprint density at radius 3 is 2.12 bits per heavy atom. The molecule has 0 radical (unpaired) electrons. The molecule has 2 rings (SSSR count). The summed E-state index contributed by atoms with van der Waals surface area (Å²) in [5.74, 6) is 0.214. The molecule has 0 spiro atoms. The number of aromatic nitrogens is 4. The van der Waals surface area contributed by atoms with Crippen molar-refractivity contribution >= 4 is 63.0 Å². The average molecular weight is 641 g/mol. The van der Waals surface area contributed by atoms with E-state index in [4.69, 9.17) is 5.73 Å². The van der Waals surface area contributed by atoms with Crippen LogP contribution in [0.3, 0.4) is 0 Å². The van der Waals surface area contributed by atoms with Crippen molar-refractivity contribution in [3.63, 3.8) is 0 Å². The zero-order valence-electron chi connectivity index (χ0n) is 17.6. The molecule has 18 N–H and O–H groups in total. The van der Waals surface area contributed by atoms with E-state index in [0.29, 0.717) is 28.0 Å². The first-order valence-corrected chi connectivity index (χ1v) is 12.6. The summed E-state index contributed by atoms with van der Waals surface area (Å²) in [4.78, 5) is 55.1. The zero-order chi connectivity index (χ0) is 21.2. The maximum absolute atomic E-state index is 11.4. The molecule has 0 bridgehead atoms. The first-order chi connectivity index (χ1) is 12.8. The molecule has 2 heterocycles. The number of unbranched alkanes of at least 4 members (excludes halogenated alkanes) is 1. The first kappa shape index (κ1) is 35.9. The topological polar surface area (TPSA) is 387 Å². The van der Waals surface area contributed by atoms with Crippen LogP contribution < -0.4 is 49.9 Å². The van der Waals surface area contributed by atoms with Crippen molar-refractivity contribution in [2.75, 3.05) is 12.3 Å². The third kappa shape index (κ3) is 11.5. The van der Waals surface area contributed by atoms with Gasteiger partial charge in [0.2, 0.25) is 0 Å². The zero-order valence-corrected chi connectivity index (χ0v) is 22.4. The molecule has 0 aliphatic heterocycles. The van der Waals surface area contributed by atoms with E-state index in [2.05, 4.69) is 28.1 Å². The first-order valence-electron chi connectivity index (χ1n) is 7.13. The maximum atomic E-state index is 11.4. The Kier molecular flexibility index (Phi) is 15.6. The lowest BCUT2D eigenvalue weighted by Gasteiger charge is -2.37. The van der Waals surface area contributed by atoms with E-state index >= 15 is 0 Å². The molecule has 0 saturated carbocycles. The van der Waals surface area contributed by atoms with Crippen LogP contribution in [0.1, 0.15) is 12.8 Å². The lowest BCUT2D eigenvalue weighted by molar-refractivity contribution is -0.339. The van der Waals surface area contributed by atoms with Crippen LogP contribution in [0.15, 0.2) is 6.33 Å². The van der Waals surface area contributed by atoms with Crippen LogP contribution >= 0.6 is 46.1 Å². The summed E-state index contributed by atoms with van der Waals surface area (Å²) >= 11 is 1.89. The molecular weight excluding hydrogens is 614 g/mol. The van der Waals surface area contributed by atoms with Crippen LogP contribution in [0.2, 0.25) is 0 Å². The Morgan fingerprint density at radius 1 is 0.969 bits per heavy atom. The van der Waals surface area contributed by atoms with Crippen molar-refractivity contribution in [3.8, 4) is 0 Å². The summed E-state index contributed by atoms with van der Waals surface area (Å²) in [7, 11) is -17.4. The molecule has 0 saturated heterocycles. The summed E-state index contributed by atoms with van der Waals surface area (Å²) in [6.45, 7) is -0.121. The standard InChI is InChI=1S/C9H15IN5O10P3.4H3N/c10-9-13-7(11)6-8(14-9)15(5-12-6)3-1-2-4-23-27(19,20)25-28(21,22)24-26(16,17)18;;;;/h5H,1-4H2,(H,19,20)(H,21,22)(H2,11,13,14)(H2,16,17,18);4*1H3. The number of hydrogen-bond donors (Lipinski definition) is 5. The van der Waals surface area contributed by atoms with Gasteiger partial charge in [0, 0.05) is 29.1 Å². The number of phosphoric ester groups is 1. The van der Waals surface area contributed by atoms with E-state index in [-0.39, 0.29) is 36.8 Å². The predicted octanol–water partition coefficient (Wildman–Crippen LogP) is 0.113. The Balaban J connectivity index is -0.00000210. The quantitative estimate of drug-likeness (QED) is 0.0995. The highest BCUT2D eigenvalue weighted by atomic mass is 127. The number of fused-ring (bicyclic) bond motifs is 1. The molecule has 0 fully saturated rings. The summed E-state index contributed by atoms with van der Waals surface area (Å²) < 4.78 is 45.5. The van der Waals surface area contributed by atoms with Crippen molar-refractivity contribution in [1.82, 2.24) is 44.1 Å². The Labute approximate surface area is 195 Å². The molecule has 0 amide bonds. The fourth-order valence-electron chi connectivity index (χ4n) is 1.95. The number of phosphoric acid groups is 3. The van der Waals surface area contributed by atoms with Gasteiger partial charge in [-0.15, -0.1) is 0 Å². The number of imidazole rings is 1. The molecule has 0 aliphatic carbocycles. The molecular formula is C9H27IN9O10P3. The van der Waals surface area contributed by atoms with Gasteiger partial charge in [-0.25, -0.2) is 19.3 Å². The predicted molar refractivity (Wildman–Crippen MR) is 117 cm³/mol. The lowest BCUT2D eigenvalue weighted by Crippen LogP contribution is -2.20. The molecule has 19 nitrogen and oxygen atoms in total. The summed E-state index contributed by atoms with van der Waals surface area (Å²) in [6, 6.07) is 0. The van der Waals surface area contributed by atoms with Gasteiger partial charge in [0.1, 0.15) is 5.52 Å². The number of hydrogen-bond acceptors (Lipinski definition) is 14. The molecule has 2 aromatic rings. The van der Waals surface area contributed by atoms with E-state index in [1.807, 2.05) is 22.6 Å². The highest BCUT2D eigenvalue weighted by molar-refractivity contribution is 14.1. The van der Waals surface area contributed by atoms with Crippen molar-refractivity contribution in [3.05, 3.63) is 10.2 Å². The largest absolute Gasteiger partial charge is 0.790 e. The number of nitrogens with zero attached hydrogens (tertiary/aromatic N) is 4. The number of anilines is 1. The van der Waals surface area contributed by atoms with E-state index < -0.39 is 30.1 Å². The minimum absolute atomic E-state index is 0. The van der Waals surface area contributed by atoms with Gasteiger partial charge in [-0.2, -0.15) is 0 Å². The van der Waals surface area contributed by atoms with Crippen LogP contribution in [0.25, 0.3) is 11.2 Å². The smallest absolute Gasteiger partial charge is 0.278 e. The van der Waals surface area contributed by atoms with E-state index in [9.17, 15) is 33.3 Å². The summed E-state index contributed by atoms with van der Waals surface area (Å²) in [5.41, 5.74) is 6.63. The van der Waals surface area contributed by atoms with Gasteiger partial charge in [-0.05, 0) is 12.8 Å². The normalized spacial score (nSPS) is 14.7.